The molecule has 0 fully saturated rings. The van der Waals surface area contributed by atoms with Crippen molar-refractivity contribution in [1.29, 1.82) is 0 Å². The average molecular weight is 210 g/mol. The Morgan fingerprint density at radius 2 is 1.31 bits per heavy atom. The van der Waals surface area contributed by atoms with Crippen molar-refractivity contribution >= 4 is 12.6 Å². The molecule has 0 spiro atoms. The Labute approximate surface area is 78.0 Å². The summed E-state index contributed by atoms with van der Waals surface area (Å²) in [6.45, 7) is 1.40. The molecule has 0 nitrogen and oxygen atoms in total. The fraction of sp³-hybridized carbons (Fsp3) is 0.250. The maximum atomic E-state index is 12.9. The molecule has 1 aromatic carbocycles. The topological polar surface area (TPSA) is 0 Å². The first-order valence-electron chi connectivity index (χ1n) is 3.54. The van der Waals surface area contributed by atoms with Gasteiger partial charge in [-0.2, -0.15) is 0 Å². The van der Waals surface area contributed by atoms with Crippen LogP contribution in [0.4, 0.5) is 17.6 Å². The van der Waals surface area contributed by atoms with Gasteiger partial charge in [0.15, 0.2) is 23.3 Å². The van der Waals surface area contributed by atoms with Crippen molar-refractivity contribution < 1.29 is 17.6 Å². The van der Waals surface area contributed by atoms with Gasteiger partial charge in [-0.3, -0.25) is 0 Å². The third-order valence-corrected chi connectivity index (χ3v) is 2.08. The number of halogens is 4. The van der Waals surface area contributed by atoms with Crippen LogP contribution < -0.4 is 0 Å². The number of hydrogen-bond donors (Lipinski definition) is 1. The maximum absolute atomic E-state index is 12.9. The van der Waals surface area contributed by atoms with E-state index >= 15 is 0 Å². The van der Waals surface area contributed by atoms with Gasteiger partial charge < -0.3 is 0 Å². The summed E-state index contributed by atoms with van der Waals surface area (Å²) in [4.78, 5) is -0.924. The average Bonchev–Trinajstić information content (AvgIpc) is 2.13. The molecule has 0 amide bonds. The summed E-state index contributed by atoms with van der Waals surface area (Å²) in [5, 5.41) is 0. The Kier molecular flexibility index (Phi) is 2.85. The molecule has 0 radical (unpaired) electrons. The van der Waals surface area contributed by atoms with E-state index in [0.717, 1.165) is 0 Å². The number of hydrogen-bond acceptors (Lipinski definition) is 1. The predicted molar refractivity (Wildman–Crippen MR) is 42.9 cm³/mol. The van der Waals surface area contributed by atoms with E-state index in [1.807, 2.05) is 0 Å². The monoisotopic (exact) mass is 210 g/mol. The van der Waals surface area contributed by atoms with Crippen LogP contribution in [0.2, 0.25) is 0 Å². The van der Waals surface area contributed by atoms with Crippen molar-refractivity contribution in [2.24, 2.45) is 0 Å². The molecule has 0 aromatic heterocycles. The van der Waals surface area contributed by atoms with Gasteiger partial charge in [0.25, 0.3) is 0 Å². The molecule has 72 valence electrons. The molecule has 0 aliphatic rings. The molecular weight excluding hydrogens is 204 g/mol. The summed E-state index contributed by atoms with van der Waals surface area (Å²) < 4.78 is 51.3. The Hall–Kier alpha value is -0.710. The van der Waals surface area contributed by atoms with Crippen LogP contribution in [0, 0.1) is 23.3 Å². The predicted octanol–water partition coefficient (Wildman–Crippen LogP) is 3.09. The molecule has 0 bridgehead atoms. The highest BCUT2D eigenvalue weighted by Crippen LogP contribution is 2.26. The number of rotatable bonds is 1. The summed E-state index contributed by atoms with van der Waals surface area (Å²) in [6, 6.07) is 0. The first-order valence-corrected chi connectivity index (χ1v) is 3.99. The van der Waals surface area contributed by atoms with Gasteiger partial charge in [0.05, 0.1) is 4.90 Å². The molecule has 1 aromatic rings. The third kappa shape index (κ3) is 1.52. The molecule has 0 atom stereocenters. The van der Waals surface area contributed by atoms with E-state index in [9.17, 15) is 17.6 Å². The van der Waals surface area contributed by atoms with Crippen molar-refractivity contribution in [1.82, 2.24) is 0 Å². The van der Waals surface area contributed by atoms with Crippen LogP contribution in [-0.4, -0.2) is 0 Å². The quantitative estimate of drug-likeness (QED) is 0.411. The van der Waals surface area contributed by atoms with Crippen molar-refractivity contribution in [3.8, 4) is 0 Å². The summed E-state index contributed by atoms with van der Waals surface area (Å²) in [6.07, 6.45) is -0.112. The van der Waals surface area contributed by atoms with Crippen LogP contribution in [0.5, 0.6) is 0 Å². The number of benzene rings is 1. The van der Waals surface area contributed by atoms with Crippen LogP contribution in [0.3, 0.4) is 0 Å². The SMILES string of the molecule is CCc1c(F)c(F)c(S)c(F)c1F. The lowest BCUT2D eigenvalue weighted by atomic mass is 10.1. The normalized spacial score (nSPS) is 10.6. The summed E-state index contributed by atoms with van der Waals surface area (Å²) in [5.41, 5.74) is -0.590. The Morgan fingerprint density at radius 1 is 0.923 bits per heavy atom. The molecule has 0 heterocycles. The minimum atomic E-state index is -1.45. The standard InChI is InChI=1S/C8H6F4S/c1-2-3-4(9)6(11)8(13)7(12)5(3)10/h13H,2H2,1H3. The Bertz CT molecular complexity index is 319. The molecule has 0 N–H and O–H groups in total. The lowest BCUT2D eigenvalue weighted by molar-refractivity contribution is 0.415. The lowest BCUT2D eigenvalue weighted by Crippen LogP contribution is -2.03. The minimum Gasteiger partial charge on any atom is -0.203 e. The zero-order valence-corrected chi connectivity index (χ0v) is 7.56. The van der Waals surface area contributed by atoms with Gasteiger partial charge in [0, 0.05) is 5.56 Å². The van der Waals surface area contributed by atoms with E-state index in [1.54, 1.807) is 0 Å². The smallest absolute Gasteiger partial charge is 0.175 e. The van der Waals surface area contributed by atoms with Crippen molar-refractivity contribution in [2.45, 2.75) is 18.2 Å². The van der Waals surface area contributed by atoms with Gasteiger partial charge in [-0.1, -0.05) is 6.92 Å². The van der Waals surface area contributed by atoms with Crippen LogP contribution in [0.1, 0.15) is 12.5 Å². The van der Waals surface area contributed by atoms with E-state index in [-0.39, 0.29) is 6.42 Å². The zero-order valence-electron chi connectivity index (χ0n) is 6.67. The van der Waals surface area contributed by atoms with E-state index in [4.69, 9.17) is 0 Å². The first kappa shape index (κ1) is 10.4. The maximum Gasteiger partial charge on any atom is 0.175 e. The Morgan fingerprint density at radius 3 is 1.62 bits per heavy atom. The van der Waals surface area contributed by atoms with Crippen LogP contribution in [-0.2, 0) is 6.42 Å². The highest BCUT2D eigenvalue weighted by atomic mass is 32.1. The van der Waals surface area contributed by atoms with E-state index in [2.05, 4.69) is 12.6 Å². The molecule has 1 rings (SSSR count). The van der Waals surface area contributed by atoms with Crippen molar-refractivity contribution in [3.05, 3.63) is 28.8 Å². The van der Waals surface area contributed by atoms with Crippen molar-refractivity contribution in [2.75, 3.05) is 0 Å². The minimum absolute atomic E-state index is 0.112. The summed E-state index contributed by atoms with van der Waals surface area (Å²) in [7, 11) is 0. The molecule has 0 aliphatic heterocycles. The van der Waals surface area contributed by atoms with E-state index in [0.29, 0.717) is 0 Å². The first-order chi connectivity index (χ1) is 6.00. The molecule has 0 aliphatic carbocycles. The number of thiol groups is 1. The van der Waals surface area contributed by atoms with Gasteiger partial charge in [-0.05, 0) is 6.42 Å². The van der Waals surface area contributed by atoms with E-state index < -0.39 is 33.7 Å². The van der Waals surface area contributed by atoms with Crippen molar-refractivity contribution in [3.63, 3.8) is 0 Å². The highest BCUT2D eigenvalue weighted by molar-refractivity contribution is 7.80. The molecule has 0 unspecified atom stereocenters. The highest BCUT2D eigenvalue weighted by Gasteiger charge is 2.21. The molecule has 13 heavy (non-hydrogen) atoms. The van der Waals surface area contributed by atoms with Gasteiger partial charge in [0.1, 0.15) is 0 Å². The second-order valence-electron chi connectivity index (χ2n) is 2.44. The zero-order chi connectivity index (χ0) is 10.2. The van der Waals surface area contributed by atoms with Gasteiger partial charge >= 0.3 is 0 Å². The van der Waals surface area contributed by atoms with Crippen LogP contribution >= 0.6 is 12.6 Å². The van der Waals surface area contributed by atoms with Gasteiger partial charge in [0.2, 0.25) is 0 Å². The lowest BCUT2D eigenvalue weighted by Gasteiger charge is -2.06. The van der Waals surface area contributed by atoms with Crippen LogP contribution in [0.15, 0.2) is 4.90 Å². The van der Waals surface area contributed by atoms with Gasteiger partial charge in [-0.25, -0.2) is 17.6 Å². The second kappa shape index (κ2) is 3.57. The fourth-order valence-corrected chi connectivity index (χ4v) is 1.17. The van der Waals surface area contributed by atoms with Gasteiger partial charge in [-0.15, -0.1) is 12.6 Å². The Balaban J connectivity index is 3.56. The fourth-order valence-electron chi connectivity index (χ4n) is 0.976. The molecule has 5 heteroatoms. The molecule has 0 saturated carbocycles. The molecular formula is C8H6F4S. The summed E-state index contributed by atoms with van der Waals surface area (Å²) in [5.74, 6) is -5.63. The van der Waals surface area contributed by atoms with E-state index in [1.165, 1.54) is 6.92 Å². The second-order valence-corrected chi connectivity index (χ2v) is 2.88. The van der Waals surface area contributed by atoms with Crippen LogP contribution in [0.25, 0.3) is 0 Å². The molecule has 0 saturated heterocycles. The largest absolute Gasteiger partial charge is 0.203 e. The third-order valence-electron chi connectivity index (χ3n) is 1.68. The summed E-state index contributed by atoms with van der Waals surface area (Å²) >= 11 is 3.31.